The number of carbonyl (C=O) groups excluding carboxylic acids is 2. The molecule has 1 heterocycles. The zero-order chi connectivity index (χ0) is 16.9. The van der Waals surface area contributed by atoms with Crippen LogP contribution in [0.1, 0.15) is 66.2 Å². The molecule has 6 nitrogen and oxygen atoms in total. The number of nitrogens with zero attached hydrogens (tertiary/aromatic N) is 1. The summed E-state index contributed by atoms with van der Waals surface area (Å²) < 4.78 is 28.6. The third-order valence-electron chi connectivity index (χ3n) is 3.69. The highest BCUT2D eigenvalue weighted by atomic mass is 32.2. The molecule has 0 unspecified atom stereocenters. The molecule has 0 N–H and O–H groups in total. The maximum Gasteiger partial charge on any atom is 0.288 e. The lowest BCUT2D eigenvalue weighted by Crippen LogP contribution is -2.33. The molecule has 1 aromatic rings. The van der Waals surface area contributed by atoms with E-state index in [1.165, 1.54) is 12.1 Å². The molecule has 0 radical (unpaired) electrons. The van der Waals surface area contributed by atoms with E-state index in [9.17, 15) is 18.0 Å². The Balaban J connectivity index is 1.89. The smallest absolute Gasteiger partial charge is 0.266 e. The monoisotopic (exact) mass is 339 g/mol. The van der Waals surface area contributed by atoms with Crippen molar-refractivity contribution in [3.8, 4) is 0 Å². The molecule has 0 bridgehead atoms. The van der Waals surface area contributed by atoms with Crippen molar-refractivity contribution in [2.24, 2.45) is 0 Å². The summed E-state index contributed by atoms with van der Waals surface area (Å²) in [7, 11) is -3.96. The maximum absolute atomic E-state index is 12.0. The van der Waals surface area contributed by atoms with Crippen molar-refractivity contribution in [2.45, 2.75) is 45.4 Å². The first-order valence-corrected chi connectivity index (χ1v) is 9.44. The Bertz CT molecular complexity index is 648. The number of benzene rings is 1. The second-order valence-corrected chi connectivity index (χ2v) is 7.23. The molecule has 23 heavy (non-hydrogen) atoms. The van der Waals surface area contributed by atoms with Gasteiger partial charge in [-0.15, -0.1) is 9.35 Å². The lowest BCUT2D eigenvalue weighted by Gasteiger charge is -2.12. The molecule has 2 rings (SSSR count). The van der Waals surface area contributed by atoms with Crippen LogP contribution in [0.3, 0.4) is 0 Å². The standard InChI is InChI=1S/C16H21NO5S/c1-2-3-4-5-6-9-12-23(20,21)22-17-15(18)13-10-7-8-11-14(13)16(17)19/h7-8,10-11H,2-6,9,12H2,1H3. The Hall–Kier alpha value is -1.73. The van der Waals surface area contributed by atoms with Crippen molar-refractivity contribution >= 4 is 21.9 Å². The zero-order valence-electron chi connectivity index (χ0n) is 13.2. The Morgan fingerprint density at radius 1 is 0.913 bits per heavy atom. The number of unbranched alkanes of at least 4 members (excludes halogenated alkanes) is 5. The van der Waals surface area contributed by atoms with E-state index in [1.807, 2.05) is 0 Å². The molecule has 2 amide bonds. The number of amides is 2. The van der Waals surface area contributed by atoms with Gasteiger partial charge in [-0.05, 0) is 18.6 Å². The Morgan fingerprint density at radius 3 is 2.00 bits per heavy atom. The van der Waals surface area contributed by atoms with Crippen molar-refractivity contribution in [3.05, 3.63) is 35.4 Å². The highest BCUT2D eigenvalue weighted by Gasteiger charge is 2.39. The molecular formula is C16H21NO5S. The molecule has 0 spiro atoms. The summed E-state index contributed by atoms with van der Waals surface area (Å²) in [6.07, 6.45) is 5.55. The first-order chi connectivity index (χ1) is 11.0. The predicted octanol–water partition coefficient (Wildman–Crippen LogP) is 2.90. The van der Waals surface area contributed by atoms with Crippen molar-refractivity contribution in [1.29, 1.82) is 0 Å². The van der Waals surface area contributed by atoms with Crippen LogP contribution in [0.5, 0.6) is 0 Å². The van der Waals surface area contributed by atoms with Gasteiger partial charge in [-0.2, -0.15) is 8.42 Å². The summed E-state index contributed by atoms with van der Waals surface area (Å²) in [6, 6.07) is 6.16. The minimum absolute atomic E-state index is 0.160. The average Bonchev–Trinajstić information content (AvgIpc) is 2.76. The number of fused-ring (bicyclic) bond motifs is 1. The van der Waals surface area contributed by atoms with Crippen molar-refractivity contribution in [2.75, 3.05) is 5.75 Å². The largest absolute Gasteiger partial charge is 0.288 e. The Kier molecular flexibility index (Phi) is 5.90. The van der Waals surface area contributed by atoms with Crippen LogP contribution in [0.25, 0.3) is 0 Å². The van der Waals surface area contributed by atoms with E-state index in [0.29, 0.717) is 11.5 Å². The van der Waals surface area contributed by atoms with Crippen LogP contribution in [0.4, 0.5) is 0 Å². The molecular weight excluding hydrogens is 318 g/mol. The molecule has 0 fully saturated rings. The second-order valence-electron chi connectivity index (χ2n) is 5.55. The molecule has 7 heteroatoms. The number of imide groups is 1. The highest BCUT2D eigenvalue weighted by Crippen LogP contribution is 2.24. The number of hydrogen-bond donors (Lipinski definition) is 0. The summed E-state index contributed by atoms with van der Waals surface area (Å²) in [5.41, 5.74) is 0.319. The summed E-state index contributed by atoms with van der Waals surface area (Å²) >= 11 is 0. The van der Waals surface area contributed by atoms with E-state index in [2.05, 4.69) is 6.92 Å². The summed E-state index contributed by atoms with van der Waals surface area (Å²) in [4.78, 5) is 24.1. The van der Waals surface area contributed by atoms with Gasteiger partial charge in [0, 0.05) is 0 Å². The number of carbonyl (C=O) groups is 2. The fourth-order valence-corrected chi connectivity index (χ4v) is 3.44. The molecule has 0 atom stereocenters. The van der Waals surface area contributed by atoms with E-state index < -0.39 is 21.9 Å². The predicted molar refractivity (Wildman–Crippen MR) is 85.2 cm³/mol. The fourth-order valence-electron chi connectivity index (χ4n) is 2.44. The lowest BCUT2D eigenvalue weighted by molar-refractivity contribution is -0.0103. The van der Waals surface area contributed by atoms with Crippen LogP contribution in [-0.2, 0) is 14.4 Å². The van der Waals surface area contributed by atoms with Gasteiger partial charge in [-0.1, -0.05) is 51.2 Å². The SMILES string of the molecule is CCCCCCCCS(=O)(=O)ON1C(=O)c2ccccc2C1=O. The topological polar surface area (TPSA) is 80.8 Å². The van der Waals surface area contributed by atoms with Crippen LogP contribution in [0.15, 0.2) is 24.3 Å². The van der Waals surface area contributed by atoms with Gasteiger partial charge in [0.1, 0.15) is 0 Å². The minimum atomic E-state index is -3.96. The van der Waals surface area contributed by atoms with Gasteiger partial charge in [-0.3, -0.25) is 9.59 Å². The van der Waals surface area contributed by atoms with Crippen LogP contribution >= 0.6 is 0 Å². The molecule has 0 saturated heterocycles. The highest BCUT2D eigenvalue weighted by molar-refractivity contribution is 7.86. The third kappa shape index (κ3) is 4.39. The van der Waals surface area contributed by atoms with E-state index in [0.717, 1.165) is 32.1 Å². The van der Waals surface area contributed by atoms with Crippen molar-refractivity contribution in [3.63, 3.8) is 0 Å². The second kappa shape index (κ2) is 7.70. The van der Waals surface area contributed by atoms with E-state index >= 15 is 0 Å². The van der Waals surface area contributed by atoms with Gasteiger partial charge in [0.15, 0.2) is 0 Å². The van der Waals surface area contributed by atoms with Crippen LogP contribution in [0.2, 0.25) is 0 Å². The molecule has 1 aliphatic heterocycles. The quantitative estimate of drug-likeness (QED) is 0.510. The summed E-state index contributed by atoms with van der Waals surface area (Å²) in [5, 5.41) is 0.344. The molecule has 1 aromatic carbocycles. The molecule has 0 saturated carbocycles. The van der Waals surface area contributed by atoms with Crippen LogP contribution in [-0.4, -0.2) is 31.0 Å². The van der Waals surface area contributed by atoms with Gasteiger partial charge >= 0.3 is 0 Å². The van der Waals surface area contributed by atoms with Crippen LogP contribution in [0, 0.1) is 0 Å². The van der Waals surface area contributed by atoms with Gasteiger partial charge in [-0.25, -0.2) is 0 Å². The van der Waals surface area contributed by atoms with E-state index in [-0.39, 0.29) is 16.9 Å². The molecule has 0 aromatic heterocycles. The van der Waals surface area contributed by atoms with Gasteiger partial charge in [0.2, 0.25) is 0 Å². The number of hydroxylamine groups is 2. The number of hydrogen-bond acceptors (Lipinski definition) is 5. The van der Waals surface area contributed by atoms with Crippen molar-refractivity contribution < 1.29 is 22.3 Å². The third-order valence-corrected chi connectivity index (χ3v) is 4.86. The molecule has 1 aliphatic rings. The fraction of sp³-hybridized carbons (Fsp3) is 0.500. The molecule has 0 aliphatic carbocycles. The van der Waals surface area contributed by atoms with E-state index in [4.69, 9.17) is 4.28 Å². The average molecular weight is 339 g/mol. The van der Waals surface area contributed by atoms with Gasteiger partial charge in [0.05, 0.1) is 16.9 Å². The minimum Gasteiger partial charge on any atom is -0.266 e. The zero-order valence-corrected chi connectivity index (χ0v) is 14.0. The van der Waals surface area contributed by atoms with Crippen molar-refractivity contribution in [1.82, 2.24) is 5.06 Å². The molecule has 126 valence electrons. The Labute approximate surface area is 136 Å². The van der Waals surface area contributed by atoms with Gasteiger partial charge < -0.3 is 0 Å². The maximum atomic E-state index is 12.0. The lowest BCUT2D eigenvalue weighted by atomic mass is 10.1. The Morgan fingerprint density at radius 2 is 1.43 bits per heavy atom. The summed E-state index contributed by atoms with van der Waals surface area (Å²) in [5.74, 6) is -1.68. The van der Waals surface area contributed by atoms with Crippen LogP contribution < -0.4 is 0 Å². The first kappa shape index (κ1) is 17.6. The number of rotatable bonds is 9. The van der Waals surface area contributed by atoms with E-state index in [1.54, 1.807) is 12.1 Å². The first-order valence-electron chi connectivity index (χ1n) is 7.86. The normalized spacial score (nSPS) is 14.4. The summed E-state index contributed by atoms with van der Waals surface area (Å²) in [6.45, 7) is 2.11. The van der Waals surface area contributed by atoms with Gasteiger partial charge in [0.25, 0.3) is 21.9 Å².